The molecule has 1 aliphatic heterocycles. The van der Waals surface area contributed by atoms with E-state index in [1.54, 1.807) is 5.06 Å². The summed E-state index contributed by atoms with van der Waals surface area (Å²) in [4.78, 5) is 16.9. The molecule has 1 fully saturated rings. The summed E-state index contributed by atoms with van der Waals surface area (Å²) >= 11 is 0. The average Bonchev–Trinajstić information content (AvgIpc) is 2.33. The normalized spacial score (nSPS) is 17.9. The maximum Gasteiger partial charge on any atom is 0.329 e. The van der Waals surface area contributed by atoms with Crippen molar-refractivity contribution in [3.05, 3.63) is 35.9 Å². The highest BCUT2D eigenvalue weighted by Crippen LogP contribution is 2.11. The number of hydrogen-bond donors (Lipinski definition) is 1. The van der Waals surface area contributed by atoms with E-state index in [9.17, 15) is 9.90 Å². The van der Waals surface area contributed by atoms with E-state index in [2.05, 4.69) is 0 Å². The first kappa shape index (κ1) is 12.1. The molecule has 0 bridgehead atoms. The van der Waals surface area contributed by atoms with Crippen LogP contribution >= 0.6 is 0 Å². The molecule has 1 aliphatic rings. The Labute approximate surface area is 101 Å². The molecule has 4 heteroatoms. The first-order chi connectivity index (χ1) is 8.24. The topological polar surface area (TPSA) is 49.8 Å². The Morgan fingerprint density at radius 1 is 1.29 bits per heavy atom. The van der Waals surface area contributed by atoms with Gasteiger partial charge in [-0.15, -0.1) is 5.06 Å². The van der Waals surface area contributed by atoms with Gasteiger partial charge in [0, 0.05) is 13.1 Å². The monoisotopic (exact) mass is 235 g/mol. The molecule has 0 saturated carbocycles. The minimum atomic E-state index is -0.251. The third-order valence-electron chi connectivity index (χ3n) is 2.85. The van der Waals surface area contributed by atoms with Crippen LogP contribution in [0.5, 0.6) is 0 Å². The number of rotatable bonds is 3. The molecule has 1 aromatic rings. The van der Waals surface area contributed by atoms with E-state index in [-0.39, 0.29) is 12.1 Å². The molecule has 4 nitrogen and oxygen atoms in total. The van der Waals surface area contributed by atoms with Crippen LogP contribution in [0.4, 0.5) is 0 Å². The molecular weight excluding hydrogens is 218 g/mol. The lowest BCUT2D eigenvalue weighted by atomic mass is 10.1. The molecule has 0 aromatic heterocycles. The minimum Gasteiger partial charge on any atom is -0.393 e. The summed E-state index contributed by atoms with van der Waals surface area (Å²) in [6.07, 6.45) is 1.37. The number of benzene rings is 1. The molecule has 0 radical (unpaired) electrons. The fraction of sp³-hybridized carbons (Fsp3) is 0.462. The summed E-state index contributed by atoms with van der Waals surface area (Å²) < 4.78 is 0. The number of aliphatic hydroxyl groups is 1. The maximum atomic E-state index is 11.6. The first-order valence-corrected chi connectivity index (χ1v) is 5.92. The standard InChI is InChI=1S/C13H17NO3/c15-12-6-8-14(9-7-12)17-13(16)10-11-4-2-1-3-5-11/h1-5,12,15H,6-10H2. The third kappa shape index (κ3) is 3.84. The van der Waals surface area contributed by atoms with Crippen molar-refractivity contribution in [2.24, 2.45) is 0 Å². The Bertz CT molecular complexity index is 358. The second-order valence-corrected chi connectivity index (χ2v) is 4.29. The van der Waals surface area contributed by atoms with Gasteiger partial charge < -0.3 is 9.94 Å². The molecule has 92 valence electrons. The Kier molecular flexibility index (Phi) is 4.12. The van der Waals surface area contributed by atoms with Gasteiger partial charge in [-0.05, 0) is 18.4 Å². The number of hydrogen-bond acceptors (Lipinski definition) is 4. The van der Waals surface area contributed by atoms with Gasteiger partial charge in [0.05, 0.1) is 12.5 Å². The zero-order valence-corrected chi connectivity index (χ0v) is 9.71. The van der Waals surface area contributed by atoms with Gasteiger partial charge in [-0.1, -0.05) is 30.3 Å². The Morgan fingerprint density at radius 2 is 1.94 bits per heavy atom. The van der Waals surface area contributed by atoms with E-state index in [1.165, 1.54) is 0 Å². The third-order valence-corrected chi connectivity index (χ3v) is 2.85. The van der Waals surface area contributed by atoms with Gasteiger partial charge in [-0.25, -0.2) is 4.79 Å². The summed E-state index contributed by atoms with van der Waals surface area (Å²) in [5, 5.41) is 11.0. The van der Waals surface area contributed by atoms with Crippen molar-refractivity contribution in [3.8, 4) is 0 Å². The van der Waals surface area contributed by atoms with Crippen LogP contribution in [-0.2, 0) is 16.1 Å². The van der Waals surface area contributed by atoms with E-state index < -0.39 is 0 Å². The fourth-order valence-corrected chi connectivity index (χ4v) is 1.87. The highest BCUT2D eigenvalue weighted by Gasteiger charge is 2.20. The average molecular weight is 235 g/mol. The summed E-state index contributed by atoms with van der Waals surface area (Å²) in [7, 11) is 0. The molecule has 17 heavy (non-hydrogen) atoms. The van der Waals surface area contributed by atoms with Gasteiger partial charge in [-0.3, -0.25) is 0 Å². The van der Waals surface area contributed by atoms with Crippen LogP contribution in [0.2, 0.25) is 0 Å². The van der Waals surface area contributed by atoms with E-state index >= 15 is 0 Å². The van der Waals surface area contributed by atoms with Gasteiger partial charge >= 0.3 is 5.97 Å². The van der Waals surface area contributed by atoms with Gasteiger partial charge in [0.25, 0.3) is 0 Å². The van der Waals surface area contributed by atoms with Gasteiger partial charge in [0.15, 0.2) is 0 Å². The molecule has 1 heterocycles. The summed E-state index contributed by atoms with van der Waals surface area (Å²) in [6.45, 7) is 1.23. The molecule has 1 aromatic carbocycles. The number of carbonyl (C=O) groups excluding carboxylic acids is 1. The quantitative estimate of drug-likeness (QED) is 0.853. The Hall–Kier alpha value is -1.39. The van der Waals surface area contributed by atoms with Crippen LogP contribution in [0.15, 0.2) is 30.3 Å². The Balaban J connectivity index is 1.78. The molecule has 1 N–H and O–H groups in total. The molecule has 1 saturated heterocycles. The lowest BCUT2D eigenvalue weighted by Gasteiger charge is -2.27. The number of hydroxylamine groups is 2. The molecule has 0 aliphatic carbocycles. The molecule has 0 amide bonds. The van der Waals surface area contributed by atoms with Crippen LogP contribution in [0, 0.1) is 0 Å². The number of nitrogens with zero attached hydrogens (tertiary/aromatic N) is 1. The van der Waals surface area contributed by atoms with Crippen molar-refractivity contribution in [1.82, 2.24) is 5.06 Å². The minimum absolute atomic E-state index is 0.243. The predicted octanol–water partition coefficient (Wildman–Crippen LogP) is 1.14. The SMILES string of the molecule is O=C(Cc1ccccc1)ON1CCC(O)CC1. The zero-order valence-electron chi connectivity index (χ0n) is 9.71. The maximum absolute atomic E-state index is 11.6. The van der Waals surface area contributed by atoms with E-state index in [0.29, 0.717) is 32.4 Å². The number of piperidine rings is 1. The highest BCUT2D eigenvalue weighted by atomic mass is 16.7. The van der Waals surface area contributed by atoms with Crippen LogP contribution < -0.4 is 0 Å². The summed E-state index contributed by atoms with van der Waals surface area (Å²) in [6, 6.07) is 9.53. The predicted molar refractivity (Wildman–Crippen MR) is 63.1 cm³/mol. The molecule has 0 unspecified atom stereocenters. The second-order valence-electron chi connectivity index (χ2n) is 4.29. The smallest absolute Gasteiger partial charge is 0.329 e. The fourth-order valence-electron chi connectivity index (χ4n) is 1.87. The van der Waals surface area contributed by atoms with Crippen LogP contribution in [0.3, 0.4) is 0 Å². The number of aliphatic hydroxyl groups excluding tert-OH is 1. The van der Waals surface area contributed by atoms with E-state index in [1.807, 2.05) is 30.3 Å². The van der Waals surface area contributed by atoms with Crippen LogP contribution in [0.25, 0.3) is 0 Å². The van der Waals surface area contributed by atoms with E-state index in [0.717, 1.165) is 5.56 Å². The van der Waals surface area contributed by atoms with Crippen LogP contribution in [0.1, 0.15) is 18.4 Å². The van der Waals surface area contributed by atoms with Crippen molar-refractivity contribution in [1.29, 1.82) is 0 Å². The first-order valence-electron chi connectivity index (χ1n) is 5.92. The second kappa shape index (κ2) is 5.80. The molecule has 0 spiro atoms. The highest BCUT2D eigenvalue weighted by molar-refractivity contribution is 5.72. The van der Waals surface area contributed by atoms with Gasteiger partial charge in [-0.2, -0.15) is 0 Å². The molecule has 0 atom stereocenters. The van der Waals surface area contributed by atoms with Crippen molar-refractivity contribution < 1.29 is 14.7 Å². The molecular formula is C13H17NO3. The van der Waals surface area contributed by atoms with E-state index in [4.69, 9.17) is 4.84 Å². The van der Waals surface area contributed by atoms with Crippen molar-refractivity contribution in [2.45, 2.75) is 25.4 Å². The van der Waals surface area contributed by atoms with Gasteiger partial charge in [0.2, 0.25) is 0 Å². The largest absolute Gasteiger partial charge is 0.393 e. The van der Waals surface area contributed by atoms with Crippen molar-refractivity contribution in [3.63, 3.8) is 0 Å². The summed E-state index contributed by atoms with van der Waals surface area (Å²) in [5.41, 5.74) is 0.953. The zero-order chi connectivity index (χ0) is 12.1. The lowest BCUT2D eigenvalue weighted by molar-refractivity contribution is -0.197. The lowest BCUT2D eigenvalue weighted by Crippen LogP contribution is -2.37. The van der Waals surface area contributed by atoms with Crippen molar-refractivity contribution >= 4 is 5.97 Å². The number of carbonyl (C=O) groups is 1. The Morgan fingerprint density at radius 3 is 2.59 bits per heavy atom. The van der Waals surface area contributed by atoms with Crippen LogP contribution in [-0.4, -0.2) is 35.3 Å². The van der Waals surface area contributed by atoms with Gasteiger partial charge in [0.1, 0.15) is 0 Å². The molecule has 2 rings (SSSR count). The summed E-state index contributed by atoms with van der Waals surface area (Å²) in [5.74, 6) is -0.243. The van der Waals surface area contributed by atoms with Crippen molar-refractivity contribution in [2.75, 3.05) is 13.1 Å².